The number of carbonyl (C=O) groups excluding carboxylic acids is 2. The van der Waals surface area contributed by atoms with Crippen LogP contribution in [0.5, 0.6) is 0 Å². The van der Waals surface area contributed by atoms with E-state index in [0.29, 0.717) is 26.3 Å². The number of hydrogen-bond donors (Lipinski definition) is 1. The fourth-order valence-corrected chi connectivity index (χ4v) is 6.54. The van der Waals surface area contributed by atoms with Crippen LogP contribution in [0, 0.1) is 6.92 Å². The van der Waals surface area contributed by atoms with Crippen molar-refractivity contribution < 1.29 is 18.0 Å². The standard InChI is InChI=1S/C28H36Cl3N3O4S/c1-19-14-15-21(29)17-26(19)34(39(3,37)38)16-8-13-27(35)33(18-23-24(30)11-7-12-25(23)31)20(2)28(36)32-22-9-5-4-6-10-22/h7,11-12,14-15,17,20,22H,4-6,8-10,13,16,18H2,1-3H3,(H,32,36). The monoisotopic (exact) mass is 615 g/mol. The lowest BCUT2D eigenvalue weighted by Gasteiger charge is -2.32. The van der Waals surface area contributed by atoms with Crippen molar-refractivity contribution in [3.05, 3.63) is 62.6 Å². The Balaban J connectivity index is 1.78. The van der Waals surface area contributed by atoms with Crippen LogP contribution in [0.4, 0.5) is 5.69 Å². The van der Waals surface area contributed by atoms with E-state index in [1.165, 1.54) is 9.21 Å². The summed E-state index contributed by atoms with van der Waals surface area (Å²) < 4.78 is 26.5. The molecule has 0 aromatic heterocycles. The molecule has 39 heavy (non-hydrogen) atoms. The van der Waals surface area contributed by atoms with Gasteiger partial charge in [-0.15, -0.1) is 0 Å². The van der Waals surface area contributed by atoms with Crippen LogP contribution in [-0.4, -0.2) is 50.0 Å². The third kappa shape index (κ3) is 8.74. The predicted molar refractivity (Wildman–Crippen MR) is 159 cm³/mol. The molecule has 0 radical (unpaired) electrons. The summed E-state index contributed by atoms with van der Waals surface area (Å²) in [5.41, 5.74) is 1.77. The largest absolute Gasteiger partial charge is 0.352 e. The Labute approximate surface area is 246 Å². The normalized spacial score (nSPS) is 15.0. The summed E-state index contributed by atoms with van der Waals surface area (Å²) in [5.74, 6) is -0.528. The van der Waals surface area contributed by atoms with E-state index in [9.17, 15) is 18.0 Å². The minimum atomic E-state index is -3.63. The predicted octanol–water partition coefficient (Wildman–Crippen LogP) is 6.37. The first-order valence-corrected chi connectivity index (χ1v) is 16.1. The van der Waals surface area contributed by atoms with Crippen LogP contribution < -0.4 is 9.62 Å². The topological polar surface area (TPSA) is 86.8 Å². The van der Waals surface area contributed by atoms with E-state index in [0.717, 1.165) is 43.9 Å². The van der Waals surface area contributed by atoms with Crippen LogP contribution in [0.1, 0.15) is 63.0 Å². The summed E-state index contributed by atoms with van der Waals surface area (Å²) in [6.07, 6.45) is 6.53. The average Bonchev–Trinajstić information content (AvgIpc) is 2.87. The zero-order valence-electron chi connectivity index (χ0n) is 22.6. The Morgan fingerprint density at radius 1 is 1.05 bits per heavy atom. The molecule has 0 aliphatic heterocycles. The second kappa shape index (κ2) is 14.1. The first kappa shape index (κ1) is 31.5. The molecule has 2 amide bonds. The summed E-state index contributed by atoms with van der Waals surface area (Å²) in [6, 6.07) is 9.47. The number of amides is 2. The number of carbonyl (C=O) groups is 2. The smallest absolute Gasteiger partial charge is 0.242 e. The van der Waals surface area contributed by atoms with E-state index in [2.05, 4.69) is 5.32 Å². The highest BCUT2D eigenvalue weighted by atomic mass is 35.5. The second-order valence-corrected chi connectivity index (χ2v) is 13.3. The Hall–Kier alpha value is -2.00. The van der Waals surface area contributed by atoms with Gasteiger partial charge in [0.1, 0.15) is 6.04 Å². The average molecular weight is 617 g/mol. The third-order valence-corrected chi connectivity index (χ3v) is 9.22. The maximum absolute atomic E-state index is 13.6. The van der Waals surface area contributed by atoms with Crippen molar-refractivity contribution >= 4 is 62.3 Å². The quantitative estimate of drug-likeness (QED) is 0.318. The Kier molecular flexibility index (Phi) is 11.4. The van der Waals surface area contributed by atoms with Gasteiger partial charge in [-0.25, -0.2) is 8.42 Å². The molecule has 0 heterocycles. The number of nitrogens with zero attached hydrogens (tertiary/aromatic N) is 2. The highest BCUT2D eigenvalue weighted by Crippen LogP contribution is 2.29. The van der Waals surface area contributed by atoms with Crippen molar-refractivity contribution in [1.29, 1.82) is 0 Å². The van der Waals surface area contributed by atoms with E-state index >= 15 is 0 Å². The lowest BCUT2D eigenvalue weighted by Crippen LogP contribution is -2.50. The van der Waals surface area contributed by atoms with Crippen molar-refractivity contribution in [2.45, 2.75) is 77.4 Å². The highest BCUT2D eigenvalue weighted by molar-refractivity contribution is 7.92. The summed E-state index contributed by atoms with van der Waals surface area (Å²) >= 11 is 18.9. The molecule has 1 atom stereocenters. The summed E-state index contributed by atoms with van der Waals surface area (Å²) in [5, 5.41) is 4.32. The van der Waals surface area contributed by atoms with E-state index in [1.54, 1.807) is 50.2 Å². The molecular formula is C28H36Cl3N3O4S. The first-order chi connectivity index (χ1) is 18.4. The molecule has 0 bridgehead atoms. The molecule has 1 N–H and O–H groups in total. The number of halogens is 3. The molecule has 2 aromatic carbocycles. The van der Waals surface area contributed by atoms with Crippen LogP contribution in [0.25, 0.3) is 0 Å². The van der Waals surface area contributed by atoms with Crippen LogP contribution >= 0.6 is 34.8 Å². The Bertz CT molecular complexity index is 1260. The molecule has 11 heteroatoms. The van der Waals surface area contributed by atoms with Gasteiger partial charge in [0.15, 0.2) is 0 Å². The van der Waals surface area contributed by atoms with Gasteiger partial charge in [0, 0.05) is 46.2 Å². The number of rotatable bonds is 11. The van der Waals surface area contributed by atoms with Gasteiger partial charge in [-0.1, -0.05) is 66.2 Å². The molecule has 1 saturated carbocycles. The minimum absolute atomic E-state index is 0.0226. The fraction of sp³-hybridized carbons (Fsp3) is 0.500. The van der Waals surface area contributed by atoms with Crippen molar-refractivity contribution in [3.63, 3.8) is 0 Å². The SMILES string of the molecule is Cc1ccc(Cl)cc1N(CCCC(=O)N(Cc1c(Cl)cccc1Cl)C(C)C(=O)NC1CCCCC1)S(C)(=O)=O. The van der Waals surface area contributed by atoms with Gasteiger partial charge in [0.05, 0.1) is 11.9 Å². The molecule has 1 aliphatic rings. The van der Waals surface area contributed by atoms with Gasteiger partial charge in [-0.2, -0.15) is 0 Å². The van der Waals surface area contributed by atoms with Gasteiger partial charge in [0.25, 0.3) is 0 Å². The van der Waals surface area contributed by atoms with E-state index < -0.39 is 16.1 Å². The lowest BCUT2D eigenvalue weighted by molar-refractivity contribution is -0.141. The van der Waals surface area contributed by atoms with Crippen molar-refractivity contribution in [3.8, 4) is 0 Å². The minimum Gasteiger partial charge on any atom is -0.352 e. The van der Waals surface area contributed by atoms with Gasteiger partial charge in [-0.05, 0) is 62.9 Å². The van der Waals surface area contributed by atoms with Gasteiger partial charge >= 0.3 is 0 Å². The second-order valence-electron chi connectivity index (χ2n) is 10.1. The Morgan fingerprint density at radius 2 is 1.69 bits per heavy atom. The van der Waals surface area contributed by atoms with Crippen LogP contribution in [0.3, 0.4) is 0 Å². The molecule has 2 aromatic rings. The van der Waals surface area contributed by atoms with Crippen molar-refractivity contribution in [1.82, 2.24) is 10.2 Å². The molecular weight excluding hydrogens is 581 g/mol. The van der Waals surface area contributed by atoms with Crippen molar-refractivity contribution in [2.75, 3.05) is 17.1 Å². The number of aryl methyl sites for hydroxylation is 1. The van der Waals surface area contributed by atoms with Crippen LogP contribution in [0.15, 0.2) is 36.4 Å². The molecule has 1 aliphatic carbocycles. The number of sulfonamides is 1. The van der Waals surface area contributed by atoms with Crippen molar-refractivity contribution in [2.24, 2.45) is 0 Å². The zero-order chi connectivity index (χ0) is 28.7. The molecule has 214 valence electrons. The fourth-order valence-electron chi connectivity index (χ4n) is 4.84. The molecule has 0 spiro atoms. The van der Waals surface area contributed by atoms with E-state index in [1.807, 2.05) is 0 Å². The summed E-state index contributed by atoms with van der Waals surface area (Å²) in [4.78, 5) is 28.3. The molecule has 1 unspecified atom stereocenters. The zero-order valence-corrected chi connectivity index (χ0v) is 25.6. The highest BCUT2D eigenvalue weighted by Gasteiger charge is 2.29. The maximum Gasteiger partial charge on any atom is 0.242 e. The van der Waals surface area contributed by atoms with Crippen LogP contribution in [0.2, 0.25) is 15.1 Å². The number of anilines is 1. The summed E-state index contributed by atoms with van der Waals surface area (Å²) in [7, 11) is -3.63. The molecule has 3 rings (SSSR count). The third-order valence-electron chi connectivity index (χ3n) is 7.10. The molecule has 1 fully saturated rings. The van der Waals surface area contributed by atoms with E-state index in [4.69, 9.17) is 34.8 Å². The van der Waals surface area contributed by atoms with E-state index in [-0.39, 0.29) is 43.8 Å². The van der Waals surface area contributed by atoms with Gasteiger partial charge < -0.3 is 10.2 Å². The number of nitrogens with one attached hydrogen (secondary N) is 1. The first-order valence-electron chi connectivity index (χ1n) is 13.1. The molecule has 0 saturated heterocycles. The molecule has 7 nitrogen and oxygen atoms in total. The Morgan fingerprint density at radius 3 is 2.31 bits per heavy atom. The van der Waals surface area contributed by atoms with Gasteiger partial charge in [0.2, 0.25) is 21.8 Å². The maximum atomic E-state index is 13.6. The number of hydrogen-bond acceptors (Lipinski definition) is 4. The number of benzene rings is 2. The van der Waals surface area contributed by atoms with Crippen LogP contribution in [-0.2, 0) is 26.2 Å². The summed E-state index contributed by atoms with van der Waals surface area (Å²) in [6.45, 7) is 3.63. The van der Waals surface area contributed by atoms with Gasteiger partial charge in [-0.3, -0.25) is 13.9 Å². The lowest BCUT2D eigenvalue weighted by atomic mass is 9.95.